The number of amides is 1. The van der Waals surface area contributed by atoms with E-state index in [9.17, 15) is 31.1 Å². The molecule has 0 aromatic heterocycles. The van der Waals surface area contributed by atoms with Gasteiger partial charge in [0.15, 0.2) is 0 Å². The summed E-state index contributed by atoms with van der Waals surface area (Å²) >= 11 is 0. The van der Waals surface area contributed by atoms with Crippen molar-refractivity contribution in [1.29, 1.82) is 0 Å². The third-order valence-corrected chi connectivity index (χ3v) is 2.25. The molecule has 0 heterocycles. The number of nitrogens with zero attached hydrogens (tertiary/aromatic N) is 1. The molecule has 0 saturated heterocycles. The number of carbonyl (C=O) groups excluding carboxylic acids is 1. The highest BCUT2D eigenvalue weighted by Crippen LogP contribution is 2.35. The zero-order valence-electron chi connectivity index (χ0n) is 11.0. The van der Waals surface area contributed by atoms with Crippen LogP contribution in [0.4, 0.5) is 31.1 Å². The van der Waals surface area contributed by atoms with Crippen LogP contribution in [0.2, 0.25) is 0 Å². The Morgan fingerprint density at radius 3 is 2.05 bits per heavy atom. The molecule has 0 saturated carbocycles. The van der Waals surface area contributed by atoms with Crippen molar-refractivity contribution < 1.29 is 35.9 Å². The third kappa shape index (κ3) is 5.26. The average Bonchev–Trinajstić information content (AvgIpc) is 2.36. The van der Waals surface area contributed by atoms with E-state index >= 15 is 0 Å². The Morgan fingerprint density at radius 1 is 1.14 bits per heavy atom. The Balaban J connectivity index is 3.09. The number of rotatable bonds is 3. The zero-order valence-corrected chi connectivity index (χ0v) is 11.0. The van der Waals surface area contributed by atoms with Crippen LogP contribution in [0.1, 0.15) is 23.6 Å². The minimum atomic E-state index is -4.95. The highest BCUT2D eigenvalue weighted by Gasteiger charge is 2.36. The second-order valence-electron chi connectivity index (χ2n) is 3.93. The van der Waals surface area contributed by atoms with Crippen molar-refractivity contribution in [3.63, 3.8) is 0 Å². The van der Waals surface area contributed by atoms with Gasteiger partial charge in [0.1, 0.15) is 0 Å². The first-order valence-corrected chi connectivity index (χ1v) is 5.79. The van der Waals surface area contributed by atoms with Crippen LogP contribution in [0, 0.1) is 0 Å². The molecule has 0 bridgehead atoms. The van der Waals surface area contributed by atoms with Crippen LogP contribution < -0.4 is 5.43 Å². The molecule has 10 heteroatoms. The van der Waals surface area contributed by atoms with Crippen LogP contribution in [0.5, 0.6) is 0 Å². The highest BCUT2D eigenvalue weighted by atomic mass is 19.4. The lowest BCUT2D eigenvalue weighted by atomic mass is 10.1. The lowest BCUT2D eigenvalue weighted by Crippen LogP contribution is -2.18. The van der Waals surface area contributed by atoms with Crippen LogP contribution in [-0.2, 0) is 17.1 Å². The monoisotopic (exact) mass is 328 g/mol. The van der Waals surface area contributed by atoms with E-state index in [1.807, 2.05) is 0 Å². The lowest BCUT2D eigenvalue weighted by Gasteiger charge is -2.12. The second-order valence-corrected chi connectivity index (χ2v) is 3.93. The van der Waals surface area contributed by atoms with Gasteiger partial charge in [0.2, 0.25) is 0 Å². The van der Waals surface area contributed by atoms with Gasteiger partial charge in [-0.2, -0.15) is 31.4 Å². The smallest absolute Gasteiger partial charge is 0.427 e. The first-order chi connectivity index (χ1) is 10.0. The van der Waals surface area contributed by atoms with Gasteiger partial charge < -0.3 is 4.74 Å². The molecule has 0 aliphatic carbocycles. The number of benzene rings is 1. The molecule has 1 rings (SSSR count). The predicted molar refractivity (Wildman–Crippen MR) is 64.2 cm³/mol. The van der Waals surface area contributed by atoms with Crippen molar-refractivity contribution in [2.24, 2.45) is 5.10 Å². The number of hydrazone groups is 1. The van der Waals surface area contributed by atoms with Crippen LogP contribution in [0.3, 0.4) is 0 Å². The predicted octanol–water partition coefficient (Wildman–Crippen LogP) is 3.80. The van der Waals surface area contributed by atoms with Crippen molar-refractivity contribution in [3.8, 4) is 0 Å². The SMILES string of the molecule is CCOC(=O)N/N=C\c1cc(C(F)(F)F)cc(C(F)(F)F)c1. The zero-order chi connectivity index (χ0) is 17.0. The van der Waals surface area contributed by atoms with E-state index in [0.717, 1.165) is 0 Å². The number of carbonyl (C=O) groups is 1. The summed E-state index contributed by atoms with van der Waals surface area (Å²) in [5, 5.41) is 3.22. The maximum Gasteiger partial charge on any atom is 0.427 e. The van der Waals surface area contributed by atoms with E-state index in [0.29, 0.717) is 18.3 Å². The summed E-state index contributed by atoms with van der Waals surface area (Å²) in [4.78, 5) is 10.9. The van der Waals surface area contributed by atoms with Gasteiger partial charge in [-0.15, -0.1) is 0 Å². The molecule has 0 spiro atoms. The fourth-order valence-corrected chi connectivity index (χ4v) is 1.38. The van der Waals surface area contributed by atoms with E-state index in [2.05, 4.69) is 9.84 Å². The van der Waals surface area contributed by atoms with E-state index in [1.54, 1.807) is 5.43 Å². The molecule has 1 aromatic carbocycles. The molecule has 0 unspecified atom stereocenters. The van der Waals surface area contributed by atoms with E-state index in [4.69, 9.17) is 0 Å². The Kier molecular flexibility index (Phi) is 5.39. The molecule has 0 radical (unpaired) electrons. The number of hydrogen-bond acceptors (Lipinski definition) is 3. The van der Waals surface area contributed by atoms with Gasteiger partial charge in [0, 0.05) is 0 Å². The van der Waals surface area contributed by atoms with Crippen molar-refractivity contribution >= 4 is 12.3 Å². The second kappa shape index (κ2) is 6.67. The fraction of sp³-hybridized carbons (Fsp3) is 0.333. The molecule has 22 heavy (non-hydrogen) atoms. The largest absolute Gasteiger partial charge is 0.449 e. The van der Waals surface area contributed by atoms with Gasteiger partial charge in [-0.3, -0.25) is 0 Å². The number of halogens is 6. The Morgan fingerprint density at radius 2 is 1.64 bits per heavy atom. The summed E-state index contributed by atoms with van der Waals surface area (Å²) in [5.74, 6) is 0. The molecule has 4 nitrogen and oxygen atoms in total. The average molecular weight is 328 g/mol. The minimum absolute atomic E-state index is 0.00385. The molecule has 1 N–H and O–H groups in total. The highest BCUT2D eigenvalue weighted by molar-refractivity contribution is 5.81. The van der Waals surface area contributed by atoms with Gasteiger partial charge in [-0.05, 0) is 30.7 Å². The maximum atomic E-state index is 12.6. The van der Waals surface area contributed by atoms with Crippen molar-refractivity contribution in [1.82, 2.24) is 5.43 Å². The van der Waals surface area contributed by atoms with Gasteiger partial charge in [0.05, 0.1) is 23.9 Å². The minimum Gasteiger partial charge on any atom is -0.449 e. The standard InChI is InChI=1S/C12H10F6N2O2/c1-2-22-10(21)20-19-6-7-3-8(11(13,14)15)5-9(4-7)12(16,17)18/h3-6H,2H2,1H3,(H,20,21)/b19-6-. The lowest BCUT2D eigenvalue weighted by molar-refractivity contribution is -0.143. The quantitative estimate of drug-likeness (QED) is 0.521. The van der Waals surface area contributed by atoms with Gasteiger partial charge in [-0.1, -0.05) is 0 Å². The summed E-state index contributed by atoms with van der Waals surface area (Å²) in [6.45, 7) is 1.54. The van der Waals surface area contributed by atoms with E-state index in [1.165, 1.54) is 6.92 Å². The van der Waals surface area contributed by atoms with Gasteiger partial charge >= 0.3 is 18.4 Å². The van der Waals surface area contributed by atoms with E-state index in [-0.39, 0.29) is 12.7 Å². The van der Waals surface area contributed by atoms with Crippen molar-refractivity contribution in [3.05, 3.63) is 34.9 Å². The first kappa shape index (κ1) is 17.8. The summed E-state index contributed by atoms with van der Waals surface area (Å²) in [7, 11) is 0. The Bertz CT molecular complexity index is 533. The van der Waals surface area contributed by atoms with Crippen LogP contribution in [0.25, 0.3) is 0 Å². The van der Waals surface area contributed by atoms with Crippen LogP contribution in [0.15, 0.2) is 23.3 Å². The van der Waals surface area contributed by atoms with Gasteiger partial charge in [0.25, 0.3) is 0 Å². The van der Waals surface area contributed by atoms with Crippen molar-refractivity contribution in [2.75, 3.05) is 6.61 Å². The molecule has 1 aromatic rings. The van der Waals surface area contributed by atoms with Crippen molar-refractivity contribution in [2.45, 2.75) is 19.3 Å². The Labute approximate surface area is 120 Å². The summed E-state index contributed by atoms with van der Waals surface area (Å²) in [6, 6.07) is 0.952. The van der Waals surface area contributed by atoms with Crippen LogP contribution in [-0.4, -0.2) is 18.9 Å². The summed E-state index contributed by atoms with van der Waals surface area (Å²) in [5.41, 5.74) is -1.62. The van der Waals surface area contributed by atoms with Crippen LogP contribution >= 0.6 is 0 Å². The van der Waals surface area contributed by atoms with Gasteiger partial charge in [-0.25, -0.2) is 10.2 Å². The number of ether oxygens (including phenoxy) is 1. The normalized spacial score (nSPS) is 12.5. The summed E-state index contributed by atoms with van der Waals surface area (Å²) < 4.78 is 79.9. The molecular weight excluding hydrogens is 318 g/mol. The molecule has 122 valence electrons. The molecule has 0 aliphatic rings. The molecule has 0 atom stereocenters. The molecule has 1 amide bonds. The topological polar surface area (TPSA) is 50.7 Å². The molecule has 0 aliphatic heterocycles. The fourth-order valence-electron chi connectivity index (χ4n) is 1.38. The molecule has 0 fully saturated rings. The third-order valence-electron chi connectivity index (χ3n) is 2.25. The molecular formula is C12H10F6N2O2. The number of hydrogen-bond donors (Lipinski definition) is 1. The van der Waals surface area contributed by atoms with E-state index < -0.39 is 35.1 Å². The summed E-state index contributed by atoms with van der Waals surface area (Å²) in [6.07, 6.45) is -10.2. The maximum absolute atomic E-state index is 12.6. The number of alkyl halides is 6. The first-order valence-electron chi connectivity index (χ1n) is 5.79. The number of nitrogens with one attached hydrogen (secondary N) is 1. The Hall–Kier alpha value is -2.26.